The number of nitrogens with zero attached hydrogens (tertiary/aromatic N) is 1. The van der Waals surface area contributed by atoms with Crippen LogP contribution in [0.5, 0.6) is 0 Å². The van der Waals surface area contributed by atoms with Crippen molar-refractivity contribution in [2.75, 3.05) is 19.0 Å². The third-order valence-corrected chi connectivity index (χ3v) is 8.91. The summed E-state index contributed by atoms with van der Waals surface area (Å²) in [6.07, 6.45) is 9.59. The van der Waals surface area contributed by atoms with E-state index in [0.717, 1.165) is 38.5 Å². The van der Waals surface area contributed by atoms with Gasteiger partial charge in [-0.3, -0.25) is 0 Å². The highest BCUT2D eigenvalue weighted by atomic mass is 16.3. The standard InChI is InChI=1S/C29H35NO2/c1-5-15-29(32)16-14-26-24-12-8-20-17-22(31)11-13-23(20)27(24)25(18-28(26,29)2)19-6-9-21(10-7-19)30(3)4/h6-7,9-11,17,24-26,31-32H,8,12-14,16,18H2,1-4H3. The van der Waals surface area contributed by atoms with Crippen molar-refractivity contribution in [2.24, 2.45) is 17.3 Å². The van der Waals surface area contributed by atoms with Crippen molar-refractivity contribution >= 4 is 5.69 Å². The molecule has 0 radical (unpaired) electrons. The maximum atomic E-state index is 11.7. The summed E-state index contributed by atoms with van der Waals surface area (Å²) in [5, 5.41) is 21.9. The second kappa shape index (κ2) is 7.56. The number of aliphatic hydroxyl groups is 2. The molecule has 0 saturated heterocycles. The van der Waals surface area contributed by atoms with Gasteiger partial charge in [-0.2, -0.15) is 0 Å². The van der Waals surface area contributed by atoms with Gasteiger partial charge in [0.2, 0.25) is 0 Å². The summed E-state index contributed by atoms with van der Waals surface area (Å²) in [5.74, 6) is 7.89. The van der Waals surface area contributed by atoms with Crippen molar-refractivity contribution in [3.05, 3.63) is 64.5 Å². The average molecular weight is 430 g/mol. The van der Waals surface area contributed by atoms with Crippen LogP contribution in [0.15, 0.2) is 58.9 Å². The molecule has 0 bridgehead atoms. The molecule has 4 aliphatic rings. The first-order chi connectivity index (χ1) is 15.3. The minimum Gasteiger partial charge on any atom is -0.508 e. The van der Waals surface area contributed by atoms with Crippen molar-refractivity contribution in [3.63, 3.8) is 0 Å². The summed E-state index contributed by atoms with van der Waals surface area (Å²) < 4.78 is 0. The summed E-state index contributed by atoms with van der Waals surface area (Å²) in [5.41, 5.74) is 5.74. The molecule has 1 aromatic carbocycles. The highest BCUT2D eigenvalue weighted by Gasteiger charge is 2.62. The molecule has 4 aliphatic carbocycles. The van der Waals surface area contributed by atoms with E-state index in [-0.39, 0.29) is 11.3 Å². The van der Waals surface area contributed by atoms with E-state index in [1.807, 2.05) is 19.1 Å². The lowest BCUT2D eigenvalue weighted by atomic mass is 9.51. The zero-order valence-corrected chi connectivity index (χ0v) is 19.8. The molecule has 0 aromatic heterocycles. The number of rotatable bonds is 2. The molecule has 3 nitrogen and oxygen atoms in total. The predicted molar refractivity (Wildman–Crippen MR) is 131 cm³/mol. The van der Waals surface area contributed by atoms with Crippen LogP contribution < -0.4 is 4.90 Å². The fraction of sp³-hybridized carbons (Fsp3) is 0.517. The van der Waals surface area contributed by atoms with Gasteiger partial charge in [0.1, 0.15) is 11.4 Å². The molecule has 2 fully saturated rings. The van der Waals surface area contributed by atoms with Crippen molar-refractivity contribution in [1.29, 1.82) is 0 Å². The third-order valence-electron chi connectivity index (χ3n) is 8.91. The normalized spacial score (nSPS) is 35.6. The predicted octanol–water partition coefficient (Wildman–Crippen LogP) is 5.89. The van der Waals surface area contributed by atoms with Gasteiger partial charge in [0, 0.05) is 31.1 Å². The third kappa shape index (κ3) is 3.07. The first-order valence-electron chi connectivity index (χ1n) is 12.0. The van der Waals surface area contributed by atoms with Crippen LogP contribution in [0.3, 0.4) is 0 Å². The Morgan fingerprint density at radius 1 is 1.12 bits per heavy atom. The fourth-order valence-electron chi connectivity index (χ4n) is 7.25. The highest BCUT2D eigenvalue weighted by molar-refractivity contribution is 5.54. The molecule has 3 heteroatoms. The van der Waals surface area contributed by atoms with Gasteiger partial charge in [0.15, 0.2) is 0 Å². The first kappa shape index (κ1) is 21.4. The van der Waals surface area contributed by atoms with Crippen LogP contribution >= 0.6 is 0 Å². The van der Waals surface area contributed by atoms with Gasteiger partial charge in [-0.1, -0.05) is 30.6 Å². The van der Waals surface area contributed by atoms with E-state index in [2.05, 4.69) is 62.0 Å². The van der Waals surface area contributed by atoms with Gasteiger partial charge in [-0.25, -0.2) is 0 Å². The lowest BCUT2D eigenvalue weighted by molar-refractivity contribution is -0.0513. The number of hydrogen-bond acceptors (Lipinski definition) is 3. The maximum Gasteiger partial charge on any atom is 0.131 e. The average Bonchev–Trinajstić information content (AvgIpc) is 3.03. The number of anilines is 1. The van der Waals surface area contributed by atoms with Crippen LogP contribution in [0, 0.1) is 29.1 Å². The monoisotopic (exact) mass is 429 g/mol. The van der Waals surface area contributed by atoms with E-state index < -0.39 is 5.60 Å². The number of allylic oxidation sites excluding steroid dienone is 5. The second-order valence-corrected chi connectivity index (χ2v) is 10.6. The van der Waals surface area contributed by atoms with Crippen molar-refractivity contribution in [1.82, 2.24) is 0 Å². The molecule has 0 amide bonds. The SMILES string of the molecule is CC#CC1(O)CCC2C3CCC4=CC(O)=CCC4=C3C(c3ccc(N(C)C)cc3)CC21C. The number of aliphatic hydroxyl groups excluding tert-OH is 1. The first-order valence-corrected chi connectivity index (χ1v) is 12.0. The van der Waals surface area contributed by atoms with Crippen LogP contribution in [0.25, 0.3) is 0 Å². The summed E-state index contributed by atoms with van der Waals surface area (Å²) in [6, 6.07) is 8.98. The largest absolute Gasteiger partial charge is 0.508 e. The summed E-state index contributed by atoms with van der Waals surface area (Å²) >= 11 is 0. The van der Waals surface area contributed by atoms with E-state index >= 15 is 0 Å². The molecule has 5 unspecified atom stereocenters. The fourth-order valence-corrected chi connectivity index (χ4v) is 7.25. The molecule has 1 aromatic rings. The second-order valence-electron chi connectivity index (χ2n) is 10.6. The van der Waals surface area contributed by atoms with Crippen LogP contribution in [0.1, 0.15) is 63.9 Å². The van der Waals surface area contributed by atoms with Crippen LogP contribution in [0.2, 0.25) is 0 Å². The van der Waals surface area contributed by atoms with Crippen molar-refractivity contribution in [2.45, 2.75) is 63.9 Å². The molecule has 0 spiro atoms. The van der Waals surface area contributed by atoms with Gasteiger partial charge in [0.25, 0.3) is 0 Å². The lowest BCUT2D eigenvalue weighted by Crippen LogP contribution is -2.51. The minimum absolute atomic E-state index is 0.219. The molecule has 32 heavy (non-hydrogen) atoms. The smallest absolute Gasteiger partial charge is 0.131 e. The molecule has 0 heterocycles. The number of hydrogen-bond donors (Lipinski definition) is 2. The lowest BCUT2D eigenvalue weighted by Gasteiger charge is -2.53. The zero-order chi connectivity index (χ0) is 22.7. The Morgan fingerprint density at radius 3 is 2.56 bits per heavy atom. The maximum absolute atomic E-state index is 11.7. The molecule has 5 atom stereocenters. The molecule has 2 N–H and O–H groups in total. The quantitative estimate of drug-likeness (QED) is 0.576. The summed E-state index contributed by atoms with van der Waals surface area (Å²) in [4.78, 5) is 2.13. The van der Waals surface area contributed by atoms with E-state index in [4.69, 9.17) is 0 Å². The topological polar surface area (TPSA) is 43.7 Å². The summed E-state index contributed by atoms with van der Waals surface area (Å²) in [7, 11) is 4.14. The van der Waals surface area contributed by atoms with Crippen LogP contribution in [-0.4, -0.2) is 29.9 Å². The summed E-state index contributed by atoms with van der Waals surface area (Å²) in [6.45, 7) is 4.15. The zero-order valence-electron chi connectivity index (χ0n) is 19.8. The van der Waals surface area contributed by atoms with E-state index in [1.165, 1.54) is 22.4 Å². The molecular weight excluding hydrogens is 394 g/mol. The van der Waals surface area contributed by atoms with Crippen LogP contribution in [-0.2, 0) is 0 Å². The van der Waals surface area contributed by atoms with Gasteiger partial charge in [-0.15, -0.1) is 5.92 Å². The highest BCUT2D eigenvalue weighted by Crippen LogP contribution is 2.66. The van der Waals surface area contributed by atoms with Crippen molar-refractivity contribution in [3.8, 4) is 11.8 Å². The van der Waals surface area contributed by atoms with Crippen molar-refractivity contribution < 1.29 is 10.2 Å². The molecule has 5 rings (SSSR count). The Hall–Kier alpha value is -2.44. The van der Waals surface area contributed by atoms with E-state index in [1.54, 1.807) is 5.57 Å². The van der Waals surface area contributed by atoms with E-state index in [9.17, 15) is 10.2 Å². The van der Waals surface area contributed by atoms with Crippen LogP contribution in [0.4, 0.5) is 5.69 Å². The Kier molecular flexibility index (Phi) is 5.06. The molecular formula is C29H35NO2. The number of benzene rings is 1. The Morgan fingerprint density at radius 2 is 1.88 bits per heavy atom. The molecule has 2 saturated carbocycles. The Bertz CT molecular complexity index is 1080. The Labute approximate surface area is 192 Å². The van der Waals surface area contributed by atoms with Gasteiger partial charge in [0.05, 0.1) is 0 Å². The Balaban J connectivity index is 1.66. The van der Waals surface area contributed by atoms with Gasteiger partial charge >= 0.3 is 0 Å². The minimum atomic E-state index is -0.911. The molecule has 168 valence electrons. The van der Waals surface area contributed by atoms with Gasteiger partial charge < -0.3 is 15.1 Å². The van der Waals surface area contributed by atoms with Gasteiger partial charge in [-0.05, 0) is 98.3 Å². The van der Waals surface area contributed by atoms with E-state index in [0.29, 0.717) is 17.6 Å². The molecule has 0 aliphatic heterocycles. The number of fused-ring (bicyclic) bond motifs is 4.